The second kappa shape index (κ2) is 12.0. The maximum Gasteiger partial charge on any atom is 0.137 e. The number of benzene rings is 8. The Morgan fingerprint density at radius 2 is 0.891 bits per heavy atom. The van der Waals surface area contributed by atoms with Gasteiger partial charge in [-0.3, -0.25) is 0 Å². The summed E-state index contributed by atoms with van der Waals surface area (Å²) in [6.07, 6.45) is 0. The minimum Gasteiger partial charge on any atom is -0.456 e. The van der Waals surface area contributed by atoms with E-state index in [0.29, 0.717) is 0 Å². The van der Waals surface area contributed by atoms with E-state index < -0.39 is 0 Å². The van der Waals surface area contributed by atoms with Crippen LogP contribution >= 0.6 is 0 Å². The highest BCUT2D eigenvalue weighted by Crippen LogP contribution is 2.52. The second-order valence-electron chi connectivity index (χ2n) is 15.0. The van der Waals surface area contributed by atoms with Crippen LogP contribution in [0, 0.1) is 0 Å². The molecule has 10 aromatic rings. The van der Waals surface area contributed by atoms with Gasteiger partial charge in [-0.15, -0.1) is 0 Å². The summed E-state index contributed by atoms with van der Waals surface area (Å²) >= 11 is 0. The average Bonchev–Trinajstić information content (AvgIpc) is 3.79. The summed E-state index contributed by atoms with van der Waals surface area (Å²) in [5.74, 6) is 0. The van der Waals surface area contributed by atoms with Crippen molar-refractivity contribution >= 4 is 78.0 Å². The van der Waals surface area contributed by atoms with Gasteiger partial charge in [0.1, 0.15) is 22.3 Å². The van der Waals surface area contributed by atoms with Crippen molar-refractivity contribution < 1.29 is 8.83 Å². The van der Waals surface area contributed by atoms with Gasteiger partial charge in [0.15, 0.2) is 0 Å². The van der Waals surface area contributed by atoms with E-state index in [4.69, 9.17) is 8.83 Å². The monoisotopic (exact) mass is 708 g/mol. The molecule has 0 bridgehead atoms. The number of anilines is 6. The Labute approximate surface area is 319 Å². The van der Waals surface area contributed by atoms with Crippen LogP contribution in [-0.4, -0.2) is 0 Å². The van der Waals surface area contributed by atoms with Gasteiger partial charge in [-0.1, -0.05) is 111 Å². The van der Waals surface area contributed by atoms with Gasteiger partial charge in [-0.25, -0.2) is 0 Å². The number of hydrogen-bond donors (Lipinski definition) is 0. The van der Waals surface area contributed by atoms with E-state index in [2.05, 4.69) is 181 Å². The highest BCUT2D eigenvalue weighted by molar-refractivity contribution is 6.08. The quantitative estimate of drug-likeness (QED) is 0.178. The van der Waals surface area contributed by atoms with Crippen LogP contribution in [-0.2, 0) is 5.41 Å². The normalized spacial score (nSPS) is 13.4. The number of hydrogen-bond acceptors (Lipinski definition) is 4. The van der Waals surface area contributed by atoms with Gasteiger partial charge in [-0.2, -0.15) is 0 Å². The molecule has 262 valence electrons. The molecular formula is C51H36N2O2. The van der Waals surface area contributed by atoms with Crippen molar-refractivity contribution in [2.45, 2.75) is 19.3 Å². The molecule has 0 atom stereocenters. The van der Waals surface area contributed by atoms with E-state index in [1.54, 1.807) is 0 Å². The van der Waals surface area contributed by atoms with E-state index in [1.807, 2.05) is 24.3 Å². The number of rotatable bonds is 5. The Balaban J connectivity index is 1.01. The van der Waals surface area contributed by atoms with Crippen molar-refractivity contribution in [3.8, 4) is 11.1 Å². The highest BCUT2D eigenvalue weighted by Gasteiger charge is 2.36. The Bertz CT molecular complexity index is 2930. The topological polar surface area (TPSA) is 32.8 Å². The molecule has 0 unspecified atom stereocenters. The molecule has 2 aromatic heterocycles. The molecule has 0 N–H and O–H groups in total. The fourth-order valence-electron chi connectivity index (χ4n) is 8.73. The van der Waals surface area contributed by atoms with Crippen LogP contribution in [0.3, 0.4) is 0 Å². The minimum absolute atomic E-state index is 0.104. The predicted octanol–water partition coefficient (Wildman–Crippen LogP) is 14.7. The van der Waals surface area contributed by atoms with E-state index >= 15 is 0 Å². The molecule has 0 radical (unpaired) electrons. The zero-order valence-corrected chi connectivity index (χ0v) is 30.5. The fraction of sp³-hybridized carbons (Fsp3) is 0.0588. The van der Waals surface area contributed by atoms with Crippen molar-refractivity contribution in [3.63, 3.8) is 0 Å². The molecule has 1 aliphatic rings. The zero-order valence-electron chi connectivity index (χ0n) is 30.5. The lowest BCUT2D eigenvalue weighted by Gasteiger charge is -2.42. The van der Waals surface area contributed by atoms with Crippen LogP contribution in [0.4, 0.5) is 34.1 Å². The molecule has 4 heteroatoms. The molecule has 11 rings (SSSR count). The molecule has 0 aliphatic carbocycles. The van der Waals surface area contributed by atoms with Gasteiger partial charge in [0.2, 0.25) is 0 Å². The summed E-state index contributed by atoms with van der Waals surface area (Å²) in [7, 11) is 0. The number of para-hydroxylation sites is 4. The van der Waals surface area contributed by atoms with Crippen molar-refractivity contribution in [2.75, 3.05) is 9.80 Å². The maximum absolute atomic E-state index is 6.37. The zero-order chi connectivity index (χ0) is 36.7. The summed E-state index contributed by atoms with van der Waals surface area (Å²) in [4.78, 5) is 4.70. The summed E-state index contributed by atoms with van der Waals surface area (Å²) < 4.78 is 12.7. The number of fused-ring (bicyclic) bond motifs is 8. The molecule has 55 heavy (non-hydrogen) atoms. The smallest absolute Gasteiger partial charge is 0.137 e. The van der Waals surface area contributed by atoms with Crippen LogP contribution in [0.15, 0.2) is 191 Å². The predicted molar refractivity (Wildman–Crippen MR) is 228 cm³/mol. The molecule has 0 spiro atoms. The highest BCUT2D eigenvalue weighted by atomic mass is 16.3. The summed E-state index contributed by atoms with van der Waals surface area (Å²) in [6, 6.07) is 64.8. The van der Waals surface area contributed by atoms with E-state index in [9.17, 15) is 0 Å². The van der Waals surface area contributed by atoms with Crippen molar-refractivity contribution in [1.29, 1.82) is 0 Å². The minimum atomic E-state index is -0.104. The van der Waals surface area contributed by atoms with E-state index in [0.717, 1.165) is 77.8 Å². The van der Waals surface area contributed by atoms with Gasteiger partial charge in [-0.05, 0) is 95.1 Å². The third-order valence-electron chi connectivity index (χ3n) is 11.4. The van der Waals surface area contributed by atoms with Crippen LogP contribution in [0.5, 0.6) is 0 Å². The Hall–Kier alpha value is -7.04. The van der Waals surface area contributed by atoms with Crippen molar-refractivity contribution in [2.24, 2.45) is 0 Å². The Morgan fingerprint density at radius 3 is 1.47 bits per heavy atom. The third-order valence-corrected chi connectivity index (χ3v) is 11.4. The molecule has 0 saturated heterocycles. The number of furan rings is 2. The lowest BCUT2D eigenvalue weighted by Crippen LogP contribution is -2.30. The maximum atomic E-state index is 6.37. The standard InChI is InChI=1S/C51H36N2O2/c1-51(2)43-16-5-7-18-45(43)53(46-19-8-6-17-44(46)51)36-13-11-12-34(30-36)33-22-24-35(25-23-33)52(37-26-28-41-39-14-3-9-20-47(39)54-49(41)31-37)38-27-29-42-40-15-4-10-21-48(40)55-50(42)32-38/h3-32H,1-2H3. The molecule has 4 nitrogen and oxygen atoms in total. The van der Waals surface area contributed by atoms with Gasteiger partial charge >= 0.3 is 0 Å². The lowest BCUT2D eigenvalue weighted by atomic mass is 9.73. The molecule has 3 heterocycles. The third kappa shape index (κ3) is 4.92. The summed E-state index contributed by atoms with van der Waals surface area (Å²) in [6.45, 7) is 4.65. The lowest BCUT2D eigenvalue weighted by molar-refractivity contribution is 0.632. The van der Waals surface area contributed by atoms with Crippen LogP contribution in [0.25, 0.3) is 55.0 Å². The Kier molecular flexibility index (Phi) is 6.86. The Morgan fingerprint density at radius 1 is 0.400 bits per heavy atom. The van der Waals surface area contributed by atoms with Crippen LogP contribution in [0.2, 0.25) is 0 Å². The first-order chi connectivity index (χ1) is 27.0. The number of nitrogens with zero attached hydrogens (tertiary/aromatic N) is 2. The van der Waals surface area contributed by atoms with Crippen LogP contribution in [0.1, 0.15) is 25.0 Å². The van der Waals surface area contributed by atoms with Crippen molar-refractivity contribution in [3.05, 3.63) is 193 Å². The first kappa shape index (κ1) is 31.5. The second-order valence-corrected chi connectivity index (χ2v) is 15.0. The van der Waals surface area contributed by atoms with Gasteiger partial charge < -0.3 is 18.6 Å². The summed E-state index contributed by atoms with van der Waals surface area (Å²) in [5.41, 5.74) is 14.9. The van der Waals surface area contributed by atoms with Gasteiger partial charge in [0, 0.05) is 61.8 Å². The van der Waals surface area contributed by atoms with E-state index in [1.165, 1.54) is 22.5 Å². The first-order valence-corrected chi connectivity index (χ1v) is 18.8. The van der Waals surface area contributed by atoms with Crippen LogP contribution < -0.4 is 9.80 Å². The molecule has 8 aromatic carbocycles. The molecule has 0 amide bonds. The van der Waals surface area contributed by atoms with Gasteiger partial charge in [0.25, 0.3) is 0 Å². The SMILES string of the molecule is CC1(C)c2ccccc2N(c2cccc(-c3ccc(N(c4ccc5c(c4)oc4ccccc45)c4ccc5c(c4)oc4ccccc45)cc3)c2)c2ccccc21. The fourth-order valence-corrected chi connectivity index (χ4v) is 8.73. The molecule has 0 fully saturated rings. The largest absolute Gasteiger partial charge is 0.456 e. The van der Waals surface area contributed by atoms with E-state index in [-0.39, 0.29) is 5.41 Å². The molecular weight excluding hydrogens is 673 g/mol. The average molecular weight is 709 g/mol. The summed E-state index contributed by atoms with van der Waals surface area (Å²) in [5, 5.41) is 4.44. The molecule has 0 saturated carbocycles. The van der Waals surface area contributed by atoms with Crippen molar-refractivity contribution in [1.82, 2.24) is 0 Å². The first-order valence-electron chi connectivity index (χ1n) is 18.8. The van der Waals surface area contributed by atoms with Gasteiger partial charge in [0.05, 0.1) is 11.4 Å². The molecule has 1 aliphatic heterocycles.